The lowest BCUT2D eigenvalue weighted by molar-refractivity contribution is 0.0697. The van der Waals surface area contributed by atoms with E-state index < -0.39 is 5.97 Å². The summed E-state index contributed by atoms with van der Waals surface area (Å²) in [6, 6.07) is 14.2. The van der Waals surface area contributed by atoms with Crippen molar-refractivity contribution < 1.29 is 9.90 Å². The van der Waals surface area contributed by atoms with Crippen molar-refractivity contribution in [3.63, 3.8) is 0 Å². The molecule has 9 heteroatoms. The third-order valence-corrected chi connectivity index (χ3v) is 4.95. The summed E-state index contributed by atoms with van der Waals surface area (Å²) >= 11 is 0. The van der Waals surface area contributed by atoms with Crippen molar-refractivity contribution in [2.75, 3.05) is 0 Å². The molecule has 0 aliphatic carbocycles. The fraction of sp³-hybridized carbons (Fsp3) is 0.0952. The third-order valence-electron chi connectivity index (χ3n) is 4.95. The molecule has 5 rings (SSSR count). The Morgan fingerprint density at radius 1 is 1.17 bits per heavy atom. The number of hydrogen-bond acceptors (Lipinski definition) is 5. The molecule has 3 aromatic heterocycles. The van der Waals surface area contributed by atoms with Gasteiger partial charge in [0.15, 0.2) is 5.52 Å². The molecule has 0 amide bonds. The number of rotatable bonds is 4. The number of aromatic carboxylic acids is 1. The third kappa shape index (κ3) is 2.93. The van der Waals surface area contributed by atoms with E-state index in [2.05, 4.69) is 26.2 Å². The largest absolute Gasteiger partial charge is 0.478 e. The Labute approximate surface area is 169 Å². The number of aromatic nitrogens is 6. The molecule has 3 heterocycles. The van der Waals surface area contributed by atoms with Crippen LogP contribution in [-0.2, 0) is 6.54 Å². The Bertz CT molecular complexity index is 1490. The van der Waals surface area contributed by atoms with E-state index in [1.807, 2.05) is 36.4 Å². The minimum atomic E-state index is -1.11. The molecule has 0 fully saturated rings. The number of aryl methyl sites for hydroxylation is 1. The Morgan fingerprint density at radius 3 is 2.73 bits per heavy atom. The summed E-state index contributed by atoms with van der Waals surface area (Å²) in [6.07, 6.45) is 2.49. The van der Waals surface area contributed by atoms with Gasteiger partial charge in [0.1, 0.15) is 5.52 Å². The molecule has 148 valence electrons. The summed E-state index contributed by atoms with van der Waals surface area (Å²) < 4.78 is 2.86. The first-order valence-corrected chi connectivity index (χ1v) is 9.23. The van der Waals surface area contributed by atoms with Crippen LogP contribution in [0.1, 0.15) is 21.6 Å². The first kappa shape index (κ1) is 17.8. The van der Waals surface area contributed by atoms with E-state index in [0.29, 0.717) is 23.3 Å². The van der Waals surface area contributed by atoms with E-state index in [-0.39, 0.29) is 17.1 Å². The monoisotopic (exact) mass is 400 g/mol. The molecule has 30 heavy (non-hydrogen) atoms. The zero-order valence-electron chi connectivity index (χ0n) is 15.9. The second-order valence-corrected chi connectivity index (χ2v) is 6.99. The molecule has 0 aliphatic rings. The van der Waals surface area contributed by atoms with Crippen LogP contribution < -0.4 is 5.56 Å². The predicted molar refractivity (Wildman–Crippen MR) is 110 cm³/mol. The number of carboxylic acid groups (broad SMARTS) is 1. The van der Waals surface area contributed by atoms with Crippen LogP contribution in [0.3, 0.4) is 0 Å². The van der Waals surface area contributed by atoms with Gasteiger partial charge < -0.3 is 5.11 Å². The highest BCUT2D eigenvalue weighted by Crippen LogP contribution is 2.19. The number of H-pyrrole nitrogens is 1. The zero-order chi connectivity index (χ0) is 20.8. The molecule has 2 N–H and O–H groups in total. The molecule has 0 atom stereocenters. The topological polar surface area (TPSA) is 119 Å². The summed E-state index contributed by atoms with van der Waals surface area (Å²) in [4.78, 5) is 31.0. The molecule has 0 spiro atoms. The van der Waals surface area contributed by atoms with Crippen LogP contribution in [-0.4, -0.2) is 40.6 Å². The molecule has 0 radical (unpaired) electrons. The van der Waals surface area contributed by atoms with E-state index in [1.165, 1.54) is 17.1 Å². The minimum absolute atomic E-state index is 0.00136. The zero-order valence-corrected chi connectivity index (χ0v) is 15.9. The minimum Gasteiger partial charge on any atom is -0.478 e. The van der Waals surface area contributed by atoms with Gasteiger partial charge in [0.25, 0.3) is 5.56 Å². The van der Waals surface area contributed by atoms with Crippen molar-refractivity contribution in [2.45, 2.75) is 13.5 Å². The Hall–Kier alpha value is -4.27. The summed E-state index contributed by atoms with van der Waals surface area (Å²) in [5, 5.41) is 19.8. The van der Waals surface area contributed by atoms with Crippen molar-refractivity contribution in [2.24, 2.45) is 0 Å². The fourth-order valence-corrected chi connectivity index (χ4v) is 3.51. The van der Waals surface area contributed by atoms with Gasteiger partial charge in [-0.25, -0.2) is 14.5 Å². The maximum atomic E-state index is 12.8. The van der Waals surface area contributed by atoms with Crippen LogP contribution in [0.25, 0.3) is 27.8 Å². The number of aromatic amines is 1. The van der Waals surface area contributed by atoms with Gasteiger partial charge >= 0.3 is 5.97 Å². The van der Waals surface area contributed by atoms with Crippen molar-refractivity contribution >= 4 is 27.8 Å². The predicted octanol–water partition coefficient (Wildman–Crippen LogP) is 2.51. The highest BCUT2D eigenvalue weighted by molar-refractivity contribution is 5.87. The number of carbonyl (C=O) groups is 1. The number of nitrogens with one attached hydrogen (secondary N) is 1. The van der Waals surface area contributed by atoms with Crippen LogP contribution in [0.5, 0.6) is 0 Å². The quantitative estimate of drug-likeness (QED) is 0.478. The summed E-state index contributed by atoms with van der Waals surface area (Å²) in [5.74, 6) is -0.975. The van der Waals surface area contributed by atoms with E-state index in [1.54, 1.807) is 11.6 Å². The van der Waals surface area contributed by atoms with Gasteiger partial charge in [0.2, 0.25) is 5.95 Å². The lowest BCUT2D eigenvalue weighted by atomic mass is 10.1. The van der Waals surface area contributed by atoms with Crippen molar-refractivity contribution in [3.8, 4) is 5.95 Å². The maximum absolute atomic E-state index is 12.8. The average Bonchev–Trinajstić information content (AvgIpc) is 3.34. The van der Waals surface area contributed by atoms with Gasteiger partial charge in [-0.3, -0.25) is 14.5 Å². The molecule has 2 aromatic carbocycles. The second-order valence-electron chi connectivity index (χ2n) is 6.99. The molecular weight excluding hydrogens is 384 g/mol. The smallest absolute Gasteiger partial charge is 0.338 e. The second kappa shape index (κ2) is 6.66. The average molecular weight is 400 g/mol. The molecule has 0 bridgehead atoms. The number of fused-ring (bicyclic) bond motifs is 2. The number of hydrogen-bond donors (Lipinski definition) is 2. The molecular formula is C21H16N6O3. The first-order chi connectivity index (χ1) is 14.5. The maximum Gasteiger partial charge on any atom is 0.338 e. The molecule has 0 saturated heterocycles. The van der Waals surface area contributed by atoms with Crippen molar-refractivity contribution in [1.82, 2.24) is 29.5 Å². The molecule has 5 aromatic rings. The highest BCUT2D eigenvalue weighted by Gasteiger charge is 2.16. The highest BCUT2D eigenvalue weighted by atomic mass is 16.4. The van der Waals surface area contributed by atoms with Gasteiger partial charge in [-0.1, -0.05) is 36.4 Å². The molecule has 0 saturated carbocycles. The fourth-order valence-electron chi connectivity index (χ4n) is 3.51. The van der Waals surface area contributed by atoms with Crippen molar-refractivity contribution in [1.29, 1.82) is 0 Å². The van der Waals surface area contributed by atoms with Gasteiger partial charge in [-0.15, -0.1) is 0 Å². The summed E-state index contributed by atoms with van der Waals surface area (Å²) in [5.41, 5.74) is 2.05. The lowest BCUT2D eigenvalue weighted by Gasteiger charge is -2.06. The van der Waals surface area contributed by atoms with Gasteiger partial charge in [-0.2, -0.15) is 10.2 Å². The van der Waals surface area contributed by atoms with E-state index >= 15 is 0 Å². The Morgan fingerprint density at radius 2 is 1.97 bits per heavy atom. The van der Waals surface area contributed by atoms with E-state index in [4.69, 9.17) is 5.11 Å². The number of carboxylic acids is 1. The Balaban J connectivity index is 1.58. The van der Waals surface area contributed by atoms with Gasteiger partial charge in [0.05, 0.1) is 24.0 Å². The number of nitrogens with zero attached hydrogens (tertiary/aromatic N) is 5. The molecule has 0 unspecified atom stereocenters. The van der Waals surface area contributed by atoms with Gasteiger partial charge in [-0.05, 0) is 29.3 Å². The SMILES string of the molecule is Cc1nn(Cc2ccc3ccccc3c2)c2c(=O)[nH]c(-n3cc(C(=O)O)cn3)nc12. The van der Waals surface area contributed by atoms with E-state index in [9.17, 15) is 9.59 Å². The van der Waals surface area contributed by atoms with Crippen molar-refractivity contribution in [3.05, 3.63) is 82.0 Å². The standard InChI is InChI=1S/C21H16N6O3/c1-12-17-18(19(28)24-21(23-17)27-11-16(9-22-27)20(29)30)26(25-12)10-13-6-7-14-4-2-3-5-15(14)8-13/h2-9,11H,10H2,1H3,(H,29,30)(H,23,24,28). The molecule has 9 nitrogen and oxygen atoms in total. The summed E-state index contributed by atoms with van der Waals surface area (Å²) in [7, 11) is 0. The lowest BCUT2D eigenvalue weighted by Crippen LogP contribution is -2.17. The van der Waals surface area contributed by atoms with Crippen LogP contribution >= 0.6 is 0 Å². The van der Waals surface area contributed by atoms with Crippen LogP contribution in [0.2, 0.25) is 0 Å². The van der Waals surface area contributed by atoms with E-state index in [0.717, 1.165) is 16.3 Å². The molecule has 0 aliphatic heterocycles. The van der Waals surface area contributed by atoms with Crippen LogP contribution in [0.4, 0.5) is 0 Å². The first-order valence-electron chi connectivity index (χ1n) is 9.23. The number of benzene rings is 2. The van der Waals surface area contributed by atoms with Gasteiger partial charge in [0, 0.05) is 6.20 Å². The Kier molecular flexibility index (Phi) is 3.95. The normalized spacial score (nSPS) is 11.4. The van der Waals surface area contributed by atoms with Crippen LogP contribution in [0, 0.1) is 6.92 Å². The van der Waals surface area contributed by atoms with Crippen LogP contribution in [0.15, 0.2) is 59.7 Å². The summed E-state index contributed by atoms with van der Waals surface area (Å²) in [6.45, 7) is 2.20.